The lowest BCUT2D eigenvalue weighted by molar-refractivity contribution is -0.137. The van der Waals surface area contributed by atoms with Crippen molar-refractivity contribution in [3.63, 3.8) is 0 Å². The molecule has 2 heterocycles. The molecule has 1 N–H and O–H groups in total. The zero-order chi connectivity index (χ0) is 26.6. The standard InChI is InChI=1S/C27H22F3N5O2/c1-17-3-5-21(10-24(17)34-26(37)6-4-19-12-31-15-32-13-19)25(36)9-20-7-22(27(28,29)30)11-23(8-20)35-14-18(2)33-16-35/h3-8,10-16H,9H2,1-2H3,(H,34,37)/b6-4+. The number of hydrogen-bond acceptors (Lipinski definition) is 5. The second kappa shape index (κ2) is 10.6. The summed E-state index contributed by atoms with van der Waals surface area (Å²) < 4.78 is 42.1. The van der Waals surface area contributed by atoms with Crippen LogP contribution in [0.25, 0.3) is 11.8 Å². The molecule has 0 saturated carbocycles. The van der Waals surface area contributed by atoms with E-state index in [0.29, 0.717) is 16.9 Å². The maximum absolute atomic E-state index is 13.6. The van der Waals surface area contributed by atoms with Crippen LogP contribution in [0.1, 0.15) is 38.3 Å². The van der Waals surface area contributed by atoms with Crippen molar-refractivity contribution in [2.45, 2.75) is 26.4 Å². The van der Waals surface area contributed by atoms with Crippen molar-refractivity contribution in [2.75, 3.05) is 5.32 Å². The third kappa shape index (κ3) is 6.54. The Hall–Kier alpha value is -4.60. The summed E-state index contributed by atoms with van der Waals surface area (Å²) in [4.78, 5) is 37.2. The van der Waals surface area contributed by atoms with E-state index in [1.54, 1.807) is 50.6 Å². The molecule has 0 aliphatic heterocycles. The molecule has 0 aliphatic rings. The van der Waals surface area contributed by atoms with E-state index in [0.717, 1.165) is 17.7 Å². The first-order valence-electron chi connectivity index (χ1n) is 11.2. The molecule has 7 nitrogen and oxygen atoms in total. The van der Waals surface area contributed by atoms with Crippen molar-refractivity contribution in [1.82, 2.24) is 19.5 Å². The van der Waals surface area contributed by atoms with Crippen LogP contribution >= 0.6 is 0 Å². The molecule has 2 aromatic carbocycles. The number of nitrogens with one attached hydrogen (secondary N) is 1. The topological polar surface area (TPSA) is 89.8 Å². The SMILES string of the molecule is Cc1cn(-c2cc(CC(=O)c3ccc(C)c(NC(=O)/C=C/c4cncnc4)c3)cc(C(F)(F)F)c2)cn1. The lowest BCUT2D eigenvalue weighted by Gasteiger charge is -2.13. The van der Waals surface area contributed by atoms with Crippen LogP contribution in [0.5, 0.6) is 0 Å². The molecule has 0 atom stereocenters. The molecule has 188 valence electrons. The first-order chi connectivity index (χ1) is 17.6. The number of amides is 1. The fourth-order valence-corrected chi connectivity index (χ4v) is 3.61. The second-order valence-electron chi connectivity index (χ2n) is 8.43. The Morgan fingerprint density at radius 3 is 2.49 bits per heavy atom. The van der Waals surface area contributed by atoms with Crippen molar-refractivity contribution in [1.29, 1.82) is 0 Å². The number of nitrogens with zero attached hydrogens (tertiary/aromatic N) is 4. The van der Waals surface area contributed by atoms with Gasteiger partial charge in [-0.25, -0.2) is 15.0 Å². The van der Waals surface area contributed by atoms with Crippen LogP contribution in [0.15, 0.2) is 73.7 Å². The molecule has 10 heteroatoms. The Morgan fingerprint density at radius 1 is 1.05 bits per heavy atom. The molecule has 0 aliphatic carbocycles. The summed E-state index contributed by atoms with van der Waals surface area (Å²) in [5, 5.41) is 2.72. The Labute approximate surface area is 210 Å². The van der Waals surface area contributed by atoms with E-state index in [2.05, 4.69) is 20.3 Å². The molecule has 0 bridgehead atoms. The quantitative estimate of drug-likeness (QED) is 0.269. The van der Waals surface area contributed by atoms with Crippen molar-refractivity contribution in [3.8, 4) is 5.69 Å². The molecule has 0 unspecified atom stereocenters. The van der Waals surface area contributed by atoms with Gasteiger partial charge in [0.15, 0.2) is 5.78 Å². The summed E-state index contributed by atoms with van der Waals surface area (Å²) >= 11 is 0. The molecule has 37 heavy (non-hydrogen) atoms. The van der Waals surface area contributed by atoms with Crippen LogP contribution in [0, 0.1) is 13.8 Å². The minimum atomic E-state index is -4.58. The maximum Gasteiger partial charge on any atom is 0.416 e. The number of benzene rings is 2. The van der Waals surface area contributed by atoms with E-state index in [9.17, 15) is 22.8 Å². The predicted molar refractivity (Wildman–Crippen MR) is 132 cm³/mol. The number of hydrogen-bond donors (Lipinski definition) is 1. The van der Waals surface area contributed by atoms with Crippen molar-refractivity contribution in [3.05, 3.63) is 107 Å². The lowest BCUT2D eigenvalue weighted by Crippen LogP contribution is -2.12. The lowest BCUT2D eigenvalue weighted by atomic mass is 9.99. The fourth-order valence-electron chi connectivity index (χ4n) is 3.61. The molecule has 4 rings (SSSR count). The minimum Gasteiger partial charge on any atom is -0.322 e. The van der Waals surface area contributed by atoms with Crippen LogP contribution in [-0.4, -0.2) is 31.2 Å². The molecule has 0 fully saturated rings. The normalized spacial score (nSPS) is 11.6. The highest BCUT2D eigenvalue weighted by Crippen LogP contribution is 2.32. The van der Waals surface area contributed by atoms with Gasteiger partial charge in [0.05, 0.1) is 17.6 Å². The molecular weight excluding hydrogens is 483 g/mol. The van der Waals surface area contributed by atoms with Crippen LogP contribution < -0.4 is 5.32 Å². The number of Topliss-reactive ketones (excluding diaryl/α,β-unsaturated/α-hetero) is 1. The van der Waals surface area contributed by atoms with E-state index >= 15 is 0 Å². The van der Waals surface area contributed by atoms with E-state index in [1.165, 1.54) is 35.4 Å². The second-order valence-corrected chi connectivity index (χ2v) is 8.43. The number of imidazole rings is 1. The minimum absolute atomic E-state index is 0.209. The van der Waals surface area contributed by atoms with Gasteiger partial charge in [-0.3, -0.25) is 9.59 Å². The number of rotatable bonds is 7. The van der Waals surface area contributed by atoms with Crippen LogP contribution in [0.3, 0.4) is 0 Å². The molecule has 1 amide bonds. The predicted octanol–water partition coefficient (Wildman–Crippen LogP) is 5.38. The maximum atomic E-state index is 13.6. The third-order valence-corrected chi connectivity index (χ3v) is 5.50. The summed E-state index contributed by atoms with van der Waals surface area (Å²) in [5.41, 5.74) is 2.30. The molecule has 2 aromatic heterocycles. The van der Waals surface area contributed by atoms with Gasteiger partial charge in [-0.2, -0.15) is 13.2 Å². The number of anilines is 1. The zero-order valence-corrected chi connectivity index (χ0v) is 20.0. The van der Waals surface area contributed by atoms with E-state index in [-0.39, 0.29) is 29.0 Å². The average Bonchev–Trinajstić information content (AvgIpc) is 3.30. The van der Waals surface area contributed by atoms with Crippen LogP contribution in [0.4, 0.5) is 18.9 Å². The Morgan fingerprint density at radius 2 is 1.81 bits per heavy atom. The highest BCUT2D eigenvalue weighted by Gasteiger charge is 2.31. The Balaban J connectivity index is 1.55. The van der Waals surface area contributed by atoms with Crippen LogP contribution in [-0.2, 0) is 17.4 Å². The third-order valence-electron chi connectivity index (χ3n) is 5.50. The summed E-state index contributed by atoms with van der Waals surface area (Å²) in [6.07, 6.45) is 5.53. The first-order valence-corrected chi connectivity index (χ1v) is 11.2. The first kappa shape index (κ1) is 25.5. The van der Waals surface area contributed by atoms with Crippen molar-refractivity contribution < 1.29 is 22.8 Å². The summed E-state index contributed by atoms with van der Waals surface area (Å²) in [7, 11) is 0. The number of aryl methyl sites for hydroxylation is 2. The molecule has 0 spiro atoms. The van der Waals surface area contributed by atoms with Gasteiger partial charge >= 0.3 is 6.18 Å². The molecule has 4 aromatic rings. The summed E-state index contributed by atoms with van der Waals surface area (Å²) in [6, 6.07) is 8.29. The number of carbonyl (C=O) groups excluding carboxylic acids is 2. The molecule has 0 saturated heterocycles. The van der Waals surface area contributed by atoms with Crippen molar-refractivity contribution >= 4 is 23.5 Å². The van der Waals surface area contributed by atoms with Gasteiger partial charge < -0.3 is 9.88 Å². The van der Waals surface area contributed by atoms with E-state index in [4.69, 9.17) is 0 Å². The number of halogens is 3. The monoisotopic (exact) mass is 505 g/mol. The highest BCUT2D eigenvalue weighted by molar-refractivity contribution is 6.04. The largest absolute Gasteiger partial charge is 0.416 e. The average molecular weight is 506 g/mol. The van der Waals surface area contributed by atoms with Gasteiger partial charge in [-0.15, -0.1) is 0 Å². The Bertz CT molecular complexity index is 1480. The molecular formula is C27H22F3N5O2. The van der Waals surface area contributed by atoms with Gasteiger partial charge in [-0.05, 0) is 55.3 Å². The number of aromatic nitrogens is 4. The van der Waals surface area contributed by atoms with Crippen molar-refractivity contribution in [2.24, 2.45) is 0 Å². The zero-order valence-electron chi connectivity index (χ0n) is 20.0. The van der Waals surface area contributed by atoms with Crippen LogP contribution in [0.2, 0.25) is 0 Å². The smallest absolute Gasteiger partial charge is 0.322 e. The van der Waals surface area contributed by atoms with E-state index in [1.807, 2.05) is 0 Å². The van der Waals surface area contributed by atoms with Gasteiger partial charge in [-0.1, -0.05) is 12.1 Å². The summed E-state index contributed by atoms with van der Waals surface area (Å²) in [5.74, 6) is -0.811. The Kier molecular flexibility index (Phi) is 7.28. The number of carbonyl (C=O) groups is 2. The number of ketones is 1. The number of alkyl halides is 3. The van der Waals surface area contributed by atoms with Gasteiger partial charge in [0.2, 0.25) is 5.91 Å². The van der Waals surface area contributed by atoms with Gasteiger partial charge in [0, 0.05) is 53.6 Å². The highest BCUT2D eigenvalue weighted by atomic mass is 19.4. The van der Waals surface area contributed by atoms with E-state index < -0.39 is 17.6 Å². The van der Waals surface area contributed by atoms with Gasteiger partial charge in [0.1, 0.15) is 6.33 Å². The summed E-state index contributed by atoms with van der Waals surface area (Å²) in [6.45, 7) is 3.50. The molecule has 0 radical (unpaired) electrons. The van der Waals surface area contributed by atoms with Gasteiger partial charge in [0.25, 0.3) is 0 Å². The fraction of sp³-hybridized carbons (Fsp3) is 0.148.